The molecule has 0 aliphatic carbocycles. The number of rotatable bonds is 2. The highest BCUT2D eigenvalue weighted by Crippen LogP contribution is 2.31. The van der Waals surface area contributed by atoms with Gasteiger partial charge in [-0.25, -0.2) is 4.79 Å². The SMILES string of the molecule is CCC1CCCCN1c1cccc2[nH]c(=O)n(C)c12. The molecule has 2 aromatic rings. The Morgan fingerprint density at radius 2 is 2.21 bits per heavy atom. The number of piperidine rings is 1. The third-order valence-electron chi connectivity index (χ3n) is 4.30. The number of aromatic amines is 1. The fraction of sp³-hybridized carbons (Fsp3) is 0.533. The molecule has 1 atom stereocenters. The summed E-state index contributed by atoms with van der Waals surface area (Å²) in [6, 6.07) is 6.76. The highest BCUT2D eigenvalue weighted by atomic mass is 16.1. The third kappa shape index (κ3) is 1.95. The molecule has 1 aromatic carbocycles. The Morgan fingerprint density at radius 1 is 1.37 bits per heavy atom. The maximum Gasteiger partial charge on any atom is 0.326 e. The summed E-state index contributed by atoms with van der Waals surface area (Å²) in [5.41, 5.74) is 3.13. The summed E-state index contributed by atoms with van der Waals surface area (Å²) in [5.74, 6) is 0. The number of nitrogens with one attached hydrogen (secondary N) is 1. The van der Waals surface area contributed by atoms with Gasteiger partial charge in [-0.1, -0.05) is 13.0 Å². The lowest BCUT2D eigenvalue weighted by molar-refractivity contribution is 0.450. The summed E-state index contributed by atoms with van der Waals surface area (Å²) < 4.78 is 1.73. The zero-order valence-electron chi connectivity index (χ0n) is 11.6. The highest BCUT2D eigenvalue weighted by Gasteiger charge is 2.23. The van der Waals surface area contributed by atoms with Crippen LogP contribution < -0.4 is 10.6 Å². The van der Waals surface area contributed by atoms with Crippen LogP contribution in [-0.4, -0.2) is 22.1 Å². The zero-order chi connectivity index (χ0) is 13.4. The molecule has 1 aliphatic heterocycles. The van der Waals surface area contributed by atoms with Crippen LogP contribution in [0, 0.1) is 0 Å². The maximum absolute atomic E-state index is 11.8. The second-order valence-corrected chi connectivity index (χ2v) is 5.41. The fourth-order valence-corrected chi connectivity index (χ4v) is 3.26. The van der Waals surface area contributed by atoms with Gasteiger partial charge in [0.15, 0.2) is 0 Å². The molecule has 0 saturated carbocycles. The molecular weight excluding hydrogens is 238 g/mol. The molecule has 102 valence electrons. The molecule has 0 amide bonds. The van der Waals surface area contributed by atoms with Crippen molar-refractivity contribution in [2.45, 2.75) is 38.6 Å². The van der Waals surface area contributed by atoms with Gasteiger partial charge in [0.05, 0.1) is 16.7 Å². The molecule has 4 heteroatoms. The number of hydrogen-bond acceptors (Lipinski definition) is 2. The van der Waals surface area contributed by atoms with Gasteiger partial charge in [-0.3, -0.25) is 4.57 Å². The predicted molar refractivity (Wildman–Crippen MR) is 78.8 cm³/mol. The van der Waals surface area contributed by atoms with Gasteiger partial charge in [-0.15, -0.1) is 0 Å². The number of aromatic nitrogens is 2. The van der Waals surface area contributed by atoms with E-state index in [0.717, 1.165) is 24.0 Å². The van der Waals surface area contributed by atoms with E-state index in [4.69, 9.17) is 0 Å². The minimum absolute atomic E-state index is 0.0347. The van der Waals surface area contributed by atoms with Gasteiger partial charge in [0.2, 0.25) is 0 Å². The number of hydrogen-bond donors (Lipinski definition) is 1. The average molecular weight is 259 g/mol. The van der Waals surface area contributed by atoms with E-state index in [-0.39, 0.29) is 5.69 Å². The minimum Gasteiger partial charge on any atom is -0.367 e. The van der Waals surface area contributed by atoms with Gasteiger partial charge >= 0.3 is 5.69 Å². The lowest BCUT2D eigenvalue weighted by Crippen LogP contribution is -2.39. The highest BCUT2D eigenvalue weighted by molar-refractivity contribution is 5.89. The second-order valence-electron chi connectivity index (χ2n) is 5.41. The number of fused-ring (bicyclic) bond motifs is 1. The minimum atomic E-state index is -0.0347. The Balaban J connectivity index is 2.16. The van der Waals surface area contributed by atoms with Crippen molar-refractivity contribution in [1.29, 1.82) is 0 Å². The van der Waals surface area contributed by atoms with Crippen molar-refractivity contribution in [3.05, 3.63) is 28.7 Å². The molecule has 2 heterocycles. The van der Waals surface area contributed by atoms with Gasteiger partial charge in [-0.2, -0.15) is 0 Å². The molecule has 1 saturated heterocycles. The maximum atomic E-state index is 11.8. The predicted octanol–water partition coefficient (Wildman–Crippen LogP) is 2.64. The molecule has 1 unspecified atom stereocenters. The summed E-state index contributed by atoms with van der Waals surface area (Å²) in [6.45, 7) is 3.34. The first-order valence-corrected chi connectivity index (χ1v) is 7.16. The normalized spacial score (nSPS) is 20.1. The van der Waals surface area contributed by atoms with Crippen LogP contribution in [0.5, 0.6) is 0 Å². The first-order valence-electron chi connectivity index (χ1n) is 7.16. The lowest BCUT2D eigenvalue weighted by Gasteiger charge is -2.37. The Morgan fingerprint density at radius 3 is 3.00 bits per heavy atom. The van der Waals surface area contributed by atoms with Crippen molar-refractivity contribution >= 4 is 16.7 Å². The van der Waals surface area contributed by atoms with Gasteiger partial charge in [0.25, 0.3) is 0 Å². The number of aryl methyl sites for hydroxylation is 1. The van der Waals surface area contributed by atoms with Crippen molar-refractivity contribution < 1.29 is 0 Å². The van der Waals surface area contributed by atoms with E-state index in [2.05, 4.69) is 22.9 Å². The molecule has 3 rings (SSSR count). The Hall–Kier alpha value is -1.71. The zero-order valence-corrected chi connectivity index (χ0v) is 11.6. The first kappa shape index (κ1) is 12.3. The van der Waals surface area contributed by atoms with Crippen LogP contribution in [0.25, 0.3) is 11.0 Å². The Bertz CT molecular complexity index is 640. The lowest BCUT2D eigenvalue weighted by atomic mass is 9.99. The number of H-pyrrole nitrogens is 1. The van der Waals surface area contributed by atoms with Crippen molar-refractivity contribution in [1.82, 2.24) is 9.55 Å². The molecule has 19 heavy (non-hydrogen) atoms. The molecule has 0 spiro atoms. The van der Waals surface area contributed by atoms with E-state index in [0.29, 0.717) is 6.04 Å². The quantitative estimate of drug-likeness (QED) is 0.900. The number of para-hydroxylation sites is 1. The van der Waals surface area contributed by atoms with Crippen molar-refractivity contribution in [2.24, 2.45) is 7.05 Å². The summed E-state index contributed by atoms with van der Waals surface area (Å²) >= 11 is 0. The van der Waals surface area contributed by atoms with Crippen molar-refractivity contribution in [2.75, 3.05) is 11.4 Å². The van der Waals surface area contributed by atoms with Gasteiger partial charge < -0.3 is 9.88 Å². The standard InChI is InChI=1S/C15H21N3O/c1-3-11-7-4-5-10-18(11)13-9-6-8-12-14(13)17(2)15(19)16-12/h6,8-9,11H,3-5,7,10H2,1-2H3,(H,16,19). The molecule has 1 N–H and O–H groups in total. The van der Waals surface area contributed by atoms with E-state index in [1.807, 2.05) is 19.2 Å². The van der Waals surface area contributed by atoms with Gasteiger partial charge in [0, 0.05) is 19.6 Å². The van der Waals surface area contributed by atoms with Crippen LogP contribution >= 0.6 is 0 Å². The second kappa shape index (κ2) is 4.76. The monoisotopic (exact) mass is 259 g/mol. The van der Waals surface area contributed by atoms with Crippen LogP contribution in [0.15, 0.2) is 23.0 Å². The van der Waals surface area contributed by atoms with Crippen LogP contribution in [0.1, 0.15) is 32.6 Å². The Kier molecular flexibility index (Phi) is 3.09. The molecule has 0 radical (unpaired) electrons. The van der Waals surface area contributed by atoms with E-state index < -0.39 is 0 Å². The Labute approximate surface area is 113 Å². The number of imidazole rings is 1. The molecule has 0 bridgehead atoms. The van der Waals surface area contributed by atoms with Crippen LogP contribution in [-0.2, 0) is 7.05 Å². The third-order valence-corrected chi connectivity index (χ3v) is 4.30. The number of nitrogens with zero attached hydrogens (tertiary/aromatic N) is 2. The van der Waals surface area contributed by atoms with Gasteiger partial charge in [0.1, 0.15) is 0 Å². The molecule has 1 aromatic heterocycles. The van der Waals surface area contributed by atoms with E-state index in [1.54, 1.807) is 4.57 Å². The smallest absolute Gasteiger partial charge is 0.326 e. The molecular formula is C15H21N3O. The largest absolute Gasteiger partial charge is 0.367 e. The fourth-order valence-electron chi connectivity index (χ4n) is 3.26. The first-order chi connectivity index (χ1) is 9.22. The molecule has 4 nitrogen and oxygen atoms in total. The average Bonchev–Trinajstić information content (AvgIpc) is 2.74. The summed E-state index contributed by atoms with van der Waals surface area (Å²) in [6.07, 6.45) is 4.97. The van der Waals surface area contributed by atoms with Crippen molar-refractivity contribution in [3.63, 3.8) is 0 Å². The number of benzene rings is 1. The molecule has 1 fully saturated rings. The van der Waals surface area contributed by atoms with Gasteiger partial charge in [-0.05, 0) is 37.8 Å². The topological polar surface area (TPSA) is 41.0 Å². The van der Waals surface area contributed by atoms with Crippen LogP contribution in [0.2, 0.25) is 0 Å². The van der Waals surface area contributed by atoms with E-state index >= 15 is 0 Å². The van der Waals surface area contributed by atoms with Crippen LogP contribution in [0.3, 0.4) is 0 Å². The van der Waals surface area contributed by atoms with E-state index in [9.17, 15) is 4.79 Å². The summed E-state index contributed by atoms with van der Waals surface area (Å²) in [5, 5.41) is 0. The summed E-state index contributed by atoms with van der Waals surface area (Å²) in [7, 11) is 1.84. The van der Waals surface area contributed by atoms with Crippen molar-refractivity contribution in [3.8, 4) is 0 Å². The van der Waals surface area contributed by atoms with E-state index in [1.165, 1.54) is 24.9 Å². The molecule has 1 aliphatic rings. The number of anilines is 1. The summed E-state index contributed by atoms with van der Waals surface area (Å²) in [4.78, 5) is 17.2. The van der Waals surface area contributed by atoms with Crippen LogP contribution in [0.4, 0.5) is 5.69 Å².